The first kappa shape index (κ1) is 14.2. The van der Waals surface area contributed by atoms with Crippen LogP contribution in [0, 0.1) is 0 Å². The summed E-state index contributed by atoms with van der Waals surface area (Å²) >= 11 is 0. The van der Waals surface area contributed by atoms with E-state index in [0.29, 0.717) is 7.69 Å². The lowest BCUT2D eigenvalue weighted by Crippen LogP contribution is -2.47. The monoisotopic (exact) mass is 213 g/mol. The smallest absolute Gasteiger partial charge is 0.429 e. The van der Waals surface area contributed by atoms with Gasteiger partial charge in [0.2, 0.25) is 0 Å². The van der Waals surface area contributed by atoms with E-state index in [-0.39, 0.29) is 0 Å². The minimum absolute atomic E-state index is 0.595. The maximum Gasteiger partial charge on any atom is 0.485 e. The Labute approximate surface area is 90.8 Å². The van der Waals surface area contributed by atoms with Crippen molar-refractivity contribution in [2.45, 2.75) is 38.9 Å². The van der Waals surface area contributed by atoms with Crippen LogP contribution in [0.2, 0.25) is 0 Å². The van der Waals surface area contributed by atoms with E-state index in [1.165, 1.54) is 0 Å². The van der Waals surface area contributed by atoms with E-state index in [1.54, 1.807) is 40.1 Å². The highest BCUT2D eigenvalue weighted by atomic mass is 16.5. The molecule has 0 aliphatic heterocycles. The first-order valence-electron chi connectivity index (χ1n) is 4.61. The lowest BCUT2D eigenvalue weighted by molar-refractivity contribution is -0.0956. The van der Waals surface area contributed by atoms with Crippen LogP contribution in [0.4, 0.5) is 0 Å². The number of aromatic amines is 1. The van der Waals surface area contributed by atoms with Crippen LogP contribution < -0.4 is 0 Å². The molecule has 1 radical (unpaired) electrons. The average Bonchev–Trinajstić information content (AvgIpc) is 2.57. The Balaban J connectivity index is 0.000000322. The van der Waals surface area contributed by atoms with Crippen molar-refractivity contribution >= 4 is 7.69 Å². The first-order valence-corrected chi connectivity index (χ1v) is 4.61. The quantitative estimate of drug-likeness (QED) is 0.638. The van der Waals surface area contributed by atoms with Crippen LogP contribution in [0.15, 0.2) is 18.5 Å². The molecule has 1 aromatic heterocycles. The number of nitrogens with zero attached hydrogens (tertiary/aromatic N) is 1. The number of H-pyrrole nitrogens is 1. The van der Waals surface area contributed by atoms with Crippen LogP contribution in [0.1, 0.15) is 27.7 Å². The number of aromatic nitrogens is 2. The molecule has 3 N–H and O–H groups in total. The molecule has 5 nitrogen and oxygen atoms in total. The van der Waals surface area contributed by atoms with Crippen molar-refractivity contribution < 1.29 is 14.8 Å². The molecule has 0 unspecified atom stereocenters. The van der Waals surface area contributed by atoms with Gasteiger partial charge in [0.15, 0.2) is 0 Å². The third-order valence-electron chi connectivity index (χ3n) is 2.23. The van der Waals surface area contributed by atoms with Crippen LogP contribution in [0.3, 0.4) is 0 Å². The summed E-state index contributed by atoms with van der Waals surface area (Å²) in [6.07, 6.45) is 3.46. The minimum atomic E-state index is -0.966. The summed E-state index contributed by atoms with van der Waals surface area (Å²) in [7, 11) is 0.595. The van der Waals surface area contributed by atoms with Crippen molar-refractivity contribution in [3.63, 3.8) is 0 Å². The van der Waals surface area contributed by atoms with Crippen molar-refractivity contribution in [2.24, 2.45) is 0 Å². The fourth-order valence-electron chi connectivity index (χ4n) is 0.491. The van der Waals surface area contributed by atoms with Crippen molar-refractivity contribution in [3.05, 3.63) is 18.5 Å². The topological polar surface area (TPSA) is 78.4 Å². The number of nitrogens with one attached hydrogen (secondary N) is 1. The first-order chi connectivity index (χ1) is 6.81. The molecule has 0 aliphatic carbocycles. The van der Waals surface area contributed by atoms with Gasteiger partial charge in [-0.3, -0.25) is 5.10 Å². The molecule has 6 heteroatoms. The zero-order chi connectivity index (χ0) is 11.9. The molecule has 85 valence electrons. The van der Waals surface area contributed by atoms with Crippen LogP contribution >= 0.6 is 0 Å². The second kappa shape index (κ2) is 5.90. The van der Waals surface area contributed by atoms with Gasteiger partial charge < -0.3 is 14.8 Å². The number of rotatable bonds is 3. The zero-order valence-electron chi connectivity index (χ0n) is 9.56. The molecule has 0 saturated carbocycles. The normalized spacial score (nSPS) is 11.6. The largest absolute Gasteiger partial charge is 0.485 e. The highest BCUT2D eigenvalue weighted by Gasteiger charge is 2.35. The van der Waals surface area contributed by atoms with Crippen LogP contribution in [-0.4, -0.2) is 39.2 Å². The minimum Gasteiger partial charge on any atom is -0.429 e. The maximum absolute atomic E-state index is 9.42. The van der Waals surface area contributed by atoms with Gasteiger partial charge in [-0.25, -0.2) is 0 Å². The van der Waals surface area contributed by atoms with Crippen molar-refractivity contribution in [3.8, 4) is 0 Å². The highest BCUT2D eigenvalue weighted by molar-refractivity contribution is 6.16. The molecular weight excluding hydrogens is 195 g/mol. The van der Waals surface area contributed by atoms with E-state index in [2.05, 4.69) is 10.2 Å². The summed E-state index contributed by atoms with van der Waals surface area (Å²) in [4.78, 5) is 0. The van der Waals surface area contributed by atoms with Gasteiger partial charge in [0, 0.05) is 12.4 Å². The molecule has 0 saturated heterocycles. The van der Waals surface area contributed by atoms with Gasteiger partial charge in [0.05, 0.1) is 11.2 Å². The fraction of sp³-hybridized carbons (Fsp3) is 0.667. The predicted molar refractivity (Wildman–Crippen MR) is 58.0 cm³/mol. The Morgan fingerprint density at radius 2 is 1.93 bits per heavy atom. The van der Waals surface area contributed by atoms with Crippen molar-refractivity contribution in [2.75, 3.05) is 0 Å². The molecule has 0 bridgehead atoms. The molecule has 1 rings (SSSR count). The zero-order valence-corrected chi connectivity index (χ0v) is 9.56. The van der Waals surface area contributed by atoms with Gasteiger partial charge in [0.25, 0.3) is 0 Å². The standard InChI is InChI=1S/C6H14BO3.C3H4N2/c1-5(2,8)6(3,4)10-7-9;1-2-4-5-3-1/h8-9H,1-4H3;1-3H,(H,4,5). The molecule has 0 atom stereocenters. The van der Waals surface area contributed by atoms with Gasteiger partial charge in [0.1, 0.15) is 0 Å². The van der Waals surface area contributed by atoms with E-state index in [4.69, 9.17) is 9.68 Å². The SMILES string of the molecule is CC(C)(O)C(C)(C)O[B]O.c1cn[nH]c1. The number of hydrogen-bond acceptors (Lipinski definition) is 4. The second-order valence-corrected chi connectivity index (χ2v) is 4.06. The lowest BCUT2D eigenvalue weighted by atomic mass is 9.89. The second-order valence-electron chi connectivity index (χ2n) is 4.06. The van der Waals surface area contributed by atoms with E-state index >= 15 is 0 Å². The van der Waals surface area contributed by atoms with E-state index < -0.39 is 11.2 Å². The Morgan fingerprint density at radius 1 is 1.33 bits per heavy atom. The lowest BCUT2D eigenvalue weighted by Gasteiger charge is -2.36. The van der Waals surface area contributed by atoms with Gasteiger partial charge >= 0.3 is 7.69 Å². The van der Waals surface area contributed by atoms with Gasteiger partial charge in [-0.05, 0) is 33.8 Å². The van der Waals surface area contributed by atoms with Gasteiger partial charge in [-0.15, -0.1) is 0 Å². The average molecular weight is 213 g/mol. The molecule has 1 aromatic rings. The van der Waals surface area contributed by atoms with Crippen molar-refractivity contribution in [1.82, 2.24) is 10.2 Å². The summed E-state index contributed by atoms with van der Waals surface area (Å²) in [5.74, 6) is 0. The summed E-state index contributed by atoms with van der Waals surface area (Å²) in [5.41, 5.74) is -1.73. The van der Waals surface area contributed by atoms with E-state index in [0.717, 1.165) is 0 Å². The van der Waals surface area contributed by atoms with E-state index in [1.807, 2.05) is 6.07 Å². The Kier molecular flexibility index (Phi) is 5.56. The van der Waals surface area contributed by atoms with Gasteiger partial charge in [-0.1, -0.05) is 0 Å². The number of hydrogen-bond donors (Lipinski definition) is 3. The Bertz CT molecular complexity index is 227. The summed E-state index contributed by atoms with van der Waals surface area (Å²) in [6.45, 7) is 6.63. The van der Waals surface area contributed by atoms with E-state index in [9.17, 15) is 5.11 Å². The third-order valence-corrected chi connectivity index (χ3v) is 2.23. The molecular formula is C9H18BN2O3. The van der Waals surface area contributed by atoms with Crippen LogP contribution in [0.5, 0.6) is 0 Å². The molecule has 0 fully saturated rings. The van der Waals surface area contributed by atoms with Crippen LogP contribution in [0.25, 0.3) is 0 Å². The summed E-state index contributed by atoms with van der Waals surface area (Å²) in [6, 6.07) is 1.83. The van der Waals surface area contributed by atoms with Crippen molar-refractivity contribution in [1.29, 1.82) is 0 Å². The molecule has 0 aliphatic rings. The Morgan fingerprint density at radius 3 is 2.07 bits per heavy atom. The molecule has 0 amide bonds. The predicted octanol–water partition coefficient (Wildman–Crippen LogP) is 0.489. The molecule has 15 heavy (non-hydrogen) atoms. The maximum atomic E-state index is 9.42. The Hall–Kier alpha value is -0.845. The number of aliphatic hydroxyl groups is 1. The van der Waals surface area contributed by atoms with Crippen LogP contribution in [-0.2, 0) is 4.65 Å². The molecule has 0 spiro atoms. The molecule has 1 heterocycles. The fourth-order valence-corrected chi connectivity index (χ4v) is 0.491. The third kappa shape index (κ3) is 5.56. The summed E-state index contributed by atoms with van der Waals surface area (Å²) in [5, 5.41) is 23.9. The highest BCUT2D eigenvalue weighted by Crippen LogP contribution is 2.23. The van der Waals surface area contributed by atoms with Gasteiger partial charge in [-0.2, -0.15) is 5.10 Å². The molecule has 0 aromatic carbocycles. The summed E-state index contributed by atoms with van der Waals surface area (Å²) < 4.78 is 4.77.